The van der Waals surface area contributed by atoms with Crippen LogP contribution in [0.4, 0.5) is 0 Å². The standard InChI is InChI=1S/C9H14N2O/c1-7(10)9-3-4-11-5-8(9)6-12-2/h3-5,7H,6,10H2,1-2H3. The third-order valence-corrected chi connectivity index (χ3v) is 1.73. The van der Waals surface area contributed by atoms with Crippen LogP contribution in [-0.2, 0) is 11.3 Å². The SMILES string of the molecule is COCc1cnccc1C(C)N. The Kier molecular flexibility index (Phi) is 3.19. The highest BCUT2D eigenvalue weighted by Crippen LogP contribution is 2.14. The number of pyridine rings is 1. The highest BCUT2D eigenvalue weighted by molar-refractivity contribution is 5.25. The first-order valence-electron chi connectivity index (χ1n) is 3.93. The summed E-state index contributed by atoms with van der Waals surface area (Å²) < 4.78 is 5.02. The van der Waals surface area contributed by atoms with Crippen LogP contribution in [0.3, 0.4) is 0 Å². The molecule has 0 spiro atoms. The van der Waals surface area contributed by atoms with Crippen molar-refractivity contribution in [3.8, 4) is 0 Å². The Morgan fingerprint density at radius 1 is 1.67 bits per heavy atom. The van der Waals surface area contributed by atoms with E-state index in [4.69, 9.17) is 10.5 Å². The molecule has 0 aliphatic rings. The fourth-order valence-corrected chi connectivity index (χ4v) is 1.16. The van der Waals surface area contributed by atoms with Crippen LogP contribution >= 0.6 is 0 Å². The summed E-state index contributed by atoms with van der Waals surface area (Å²) in [5.74, 6) is 0. The van der Waals surface area contributed by atoms with Crippen LogP contribution in [0, 0.1) is 0 Å². The molecular weight excluding hydrogens is 152 g/mol. The molecule has 1 unspecified atom stereocenters. The molecule has 0 saturated carbocycles. The minimum absolute atomic E-state index is 0.0400. The minimum atomic E-state index is 0.0400. The van der Waals surface area contributed by atoms with Gasteiger partial charge >= 0.3 is 0 Å². The van der Waals surface area contributed by atoms with Crippen molar-refractivity contribution < 1.29 is 4.74 Å². The van der Waals surface area contributed by atoms with Crippen LogP contribution in [-0.4, -0.2) is 12.1 Å². The lowest BCUT2D eigenvalue weighted by Crippen LogP contribution is -2.09. The lowest BCUT2D eigenvalue weighted by atomic mass is 10.1. The first kappa shape index (κ1) is 9.16. The molecule has 0 bridgehead atoms. The summed E-state index contributed by atoms with van der Waals surface area (Å²) in [6.45, 7) is 2.53. The smallest absolute Gasteiger partial charge is 0.0731 e. The summed E-state index contributed by atoms with van der Waals surface area (Å²) in [5, 5.41) is 0. The zero-order valence-electron chi connectivity index (χ0n) is 7.45. The summed E-state index contributed by atoms with van der Waals surface area (Å²) >= 11 is 0. The van der Waals surface area contributed by atoms with Gasteiger partial charge in [0.15, 0.2) is 0 Å². The molecule has 0 aliphatic carbocycles. The largest absolute Gasteiger partial charge is 0.380 e. The summed E-state index contributed by atoms with van der Waals surface area (Å²) in [6, 6.07) is 1.97. The van der Waals surface area contributed by atoms with E-state index in [1.807, 2.05) is 13.0 Å². The van der Waals surface area contributed by atoms with Crippen molar-refractivity contribution in [3.05, 3.63) is 29.6 Å². The molecule has 1 atom stereocenters. The van der Waals surface area contributed by atoms with E-state index in [1.54, 1.807) is 19.5 Å². The number of nitrogens with two attached hydrogens (primary N) is 1. The number of nitrogens with zero attached hydrogens (tertiary/aromatic N) is 1. The van der Waals surface area contributed by atoms with Gasteiger partial charge in [0.05, 0.1) is 6.61 Å². The predicted octanol–water partition coefficient (Wildman–Crippen LogP) is 1.25. The van der Waals surface area contributed by atoms with E-state index in [0.717, 1.165) is 11.1 Å². The maximum Gasteiger partial charge on any atom is 0.0731 e. The third kappa shape index (κ3) is 2.03. The highest BCUT2D eigenvalue weighted by atomic mass is 16.5. The predicted molar refractivity (Wildman–Crippen MR) is 47.6 cm³/mol. The number of hydrogen-bond donors (Lipinski definition) is 1. The van der Waals surface area contributed by atoms with Crippen LogP contribution < -0.4 is 5.73 Å². The van der Waals surface area contributed by atoms with E-state index in [1.165, 1.54) is 0 Å². The van der Waals surface area contributed by atoms with Gasteiger partial charge < -0.3 is 10.5 Å². The maximum atomic E-state index is 5.76. The molecule has 3 nitrogen and oxygen atoms in total. The Labute approximate surface area is 72.6 Å². The monoisotopic (exact) mass is 166 g/mol. The molecule has 66 valence electrons. The van der Waals surface area contributed by atoms with Gasteiger partial charge in [0.2, 0.25) is 0 Å². The normalized spacial score (nSPS) is 12.9. The molecular formula is C9H14N2O. The lowest BCUT2D eigenvalue weighted by Gasteiger charge is -2.10. The third-order valence-electron chi connectivity index (χ3n) is 1.73. The van der Waals surface area contributed by atoms with Crippen molar-refractivity contribution in [2.45, 2.75) is 19.6 Å². The number of hydrogen-bond acceptors (Lipinski definition) is 3. The molecule has 12 heavy (non-hydrogen) atoms. The Morgan fingerprint density at radius 2 is 2.42 bits per heavy atom. The number of methoxy groups -OCH3 is 1. The van der Waals surface area contributed by atoms with Gasteiger partial charge in [0.25, 0.3) is 0 Å². The zero-order valence-corrected chi connectivity index (χ0v) is 7.45. The average molecular weight is 166 g/mol. The van der Waals surface area contributed by atoms with Crippen molar-refractivity contribution in [3.63, 3.8) is 0 Å². The van der Waals surface area contributed by atoms with E-state index in [-0.39, 0.29) is 6.04 Å². The topological polar surface area (TPSA) is 48.1 Å². The second kappa shape index (κ2) is 4.18. The van der Waals surface area contributed by atoms with E-state index < -0.39 is 0 Å². The first-order chi connectivity index (χ1) is 5.75. The Bertz CT molecular complexity index is 248. The van der Waals surface area contributed by atoms with E-state index in [0.29, 0.717) is 6.61 Å². The van der Waals surface area contributed by atoms with Gasteiger partial charge in [-0.05, 0) is 18.6 Å². The molecule has 0 aliphatic heterocycles. The van der Waals surface area contributed by atoms with Crippen molar-refractivity contribution >= 4 is 0 Å². The van der Waals surface area contributed by atoms with Gasteiger partial charge in [0, 0.05) is 31.1 Å². The van der Waals surface area contributed by atoms with Crippen molar-refractivity contribution in [1.29, 1.82) is 0 Å². The van der Waals surface area contributed by atoms with Gasteiger partial charge in [-0.25, -0.2) is 0 Å². The van der Waals surface area contributed by atoms with Crippen LogP contribution in [0.25, 0.3) is 0 Å². The molecule has 2 N–H and O–H groups in total. The molecule has 0 amide bonds. The summed E-state index contributed by atoms with van der Waals surface area (Å²) in [7, 11) is 1.66. The Hall–Kier alpha value is -0.930. The molecule has 0 aromatic carbocycles. The maximum absolute atomic E-state index is 5.76. The number of rotatable bonds is 3. The van der Waals surface area contributed by atoms with Gasteiger partial charge in [0.1, 0.15) is 0 Å². The summed E-state index contributed by atoms with van der Waals surface area (Å²) in [5.41, 5.74) is 7.93. The van der Waals surface area contributed by atoms with E-state index in [2.05, 4.69) is 4.98 Å². The summed E-state index contributed by atoms with van der Waals surface area (Å²) in [4.78, 5) is 4.01. The van der Waals surface area contributed by atoms with Crippen LogP contribution in [0.1, 0.15) is 24.1 Å². The van der Waals surface area contributed by atoms with Crippen LogP contribution in [0.5, 0.6) is 0 Å². The first-order valence-corrected chi connectivity index (χ1v) is 3.93. The second-order valence-electron chi connectivity index (χ2n) is 2.80. The molecule has 3 heteroatoms. The zero-order chi connectivity index (χ0) is 8.97. The average Bonchev–Trinajstić information content (AvgIpc) is 2.05. The van der Waals surface area contributed by atoms with Crippen molar-refractivity contribution in [2.75, 3.05) is 7.11 Å². The quantitative estimate of drug-likeness (QED) is 0.735. The Morgan fingerprint density at radius 3 is 3.00 bits per heavy atom. The molecule has 1 aromatic rings. The second-order valence-corrected chi connectivity index (χ2v) is 2.80. The number of ether oxygens (including phenoxy) is 1. The molecule has 1 heterocycles. The fourth-order valence-electron chi connectivity index (χ4n) is 1.16. The molecule has 1 rings (SSSR count). The lowest BCUT2D eigenvalue weighted by molar-refractivity contribution is 0.183. The van der Waals surface area contributed by atoms with E-state index >= 15 is 0 Å². The van der Waals surface area contributed by atoms with Crippen molar-refractivity contribution in [1.82, 2.24) is 4.98 Å². The molecule has 0 radical (unpaired) electrons. The van der Waals surface area contributed by atoms with Gasteiger partial charge in [-0.15, -0.1) is 0 Å². The minimum Gasteiger partial charge on any atom is -0.380 e. The van der Waals surface area contributed by atoms with Crippen molar-refractivity contribution in [2.24, 2.45) is 5.73 Å². The molecule has 0 fully saturated rings. The van der Waals surface area contributed by atoms with E-state index in [9.17, 15) is 0 Å². The molecule has 0 saturated heterocycles. The molecule has 1 aromatic heterocycles. The van der Waals surface area contributed by atoms with Crippen LogP contribution in [0.15, 0.2) is 18.5 Å². The Balaban J connectivity index is 2.92. The van der Waals surface area contributed by atoms with Gasteiger partial charge in [-0.1, -0.05) is 0 Å². The highest BCUT2D eigenvalue weighted by Gasteiger charge is 2.05. The van der Waals surface area contributed by atoms with Crippen LogP contribution in [0.2, 0.25) is 0 Å². The van der Waals surface area contributed by atoms with Gasteiger partial charge in [-0.2, -0.15) is 0 Å². The number of aromatic nitrogens is 1. The summed E-state index contributed by atoms with van der Waals surface area (Å²) in [6.07, 6.45) is 3.54. The van der Waals surface area contributed by atoms with Gasteiger partial charge in [-0.3, -0.25) is 4.98 Å². The fraction of sp³-hybridized carbons (Fsp3) is 0.444.